The molecule has 2 aromatic rings. The highest BCUT2D eigenvalue weighted by Gasteiger charge is 2.15. The SMILES string of the molecule is CCc1cccnc1C(O)Cc1sccc1Br. The van der Waals surface area contributed by atoms with Crippen molar-refractivity contribution in [3.63, 3.8) is 0 Å². The number of aryl methyl sites for hydroxylation is 1. The molecule has 1 unspecified atom stereocenters. The first-order valence-corrected chi connectivity index (χ1v) is 7.23. The van der Waals surface area contributed by atoms with E-state index < -0.39 is 6.10 Å². The quantitative estimate of drug-likeness (QED) is 0.933. The fourth-order valence-electron chi connectivity index (χ4n) is 1.79. The Morgan fingerprint density at radius 3 is 2.94 bits per heavy atom. The molecule has 0 bridgehead atoms. The molecule has 0 saturated heterocycles. The normalized spacial score (nSPS) is 12.6. The van der Waals surface area contributed by atoms with E-state index in [0.717, 1.165) is 27.0 Å². The minimum absolute atomic E-state index is 0.527. The highest BCUT2D eigenvalue weighted by atomic mass is 79.9. The van der Waals surface area contributed by atoms with Crippen LogP contribution in [0.3, 0.4) is 0 Å². The maximum Gasteiger partial charge on any atom is 0.101 e. The highest BCUT2D eigenvalue weighted by Crippen LogP contribution is 2.28. The molecule has 2 aromatic heterocycles. The Bertz CT molecular complexity index is 498. The summed E-state index contributed by atoms with van der Waals surface area (Å²) in [6.45, 7) is 2.08. The van der Waals surface area contributed by atoms with E-state index in [0.29, 0.717) is 6.42 Å². The molecule has 4 heteroatoms. The highest BCUT2D eigenvalue weighted by molar-refractivity contribution is 9.10. The van der Waals surface area contributed by atoms with Crippen LogP contribution in [-0.2, 0) is 12.8 Å². The Hall–Kier alpha value is -0.710. The lowest BCUT2D eigenvalue weighted by atomic mass is 10.0. The number of hydrogen-bond acceptors (Lipinski definition) is 3. The van der Waals surface area contributed by atoms with E-state index in [-0.39, 0.29) is 0 Å². The van der Waals surface area contributed by atoms with Crippen molar-refractivity contribution in [2.75, 3.05) is 0 Å². The number of aliphatic hydroxyl groups is 1. The molecule has 0 aliphatic heterocycles. The number of hydrogen-bond donors (Lipinski definition) is 1. The molecule has 1 N–H and O–H groups in total. The van der Waals surface area contributed by atoms with E-state index >= 15 is 0 Å². The van der Waals surface area contributed by atoms with E-state index in [1.807, 2.05) is 23.6 Å². The van der Waals surface area contributed by atoms with Crippen molar-refractivity contribution in [2.45, 2.75) is 25.9 Å². The minimum Gasteiger partial charge on any atom is -0.386 e. The van der Waals surface area contributed by atoms with Gasteiger partial charge in [0.2, 0.25) is 0 Å². The second kappa shape index (κ2) is 5.76. The van der Waals surface area contributed by atoms with Crippen molar-refractivity contribution >= 4 is 27.3 Å². The van der Waals surface area contributed by atoms with Crippen LogP contribution in [0.25, 0.3) is 0 Å². The second-order valence-corrected chi connectivity index (χ2v) is 5.67. The molecule has 17 heavy (non-hydrogen) atoms. The Balaban J connectivity index is 2.20. The molecular weight excluding hydrogens is 298 g/mol. The molecule has 90 valence electrons. The van der Waals surface area contributed by atoms with Crippen molar-refractivity contribution in [2.24, 2.45) is 0 Å². The Morgan fingerprint density at radius 1 is 1.47 bits per heavy atom. The molecule has 2 nitrogen and oxygen atoms in total. The van der Waals surface area contributed by atoms with Gasteiger partial charge in [0.25, 0.3) is 0 Å². The Kier molecular flexibility index (Phi) is 4.31. The zero-order valence-corrected chi connectivity index (χ0v) is 12.0. The average Bonchev–Trinajstić information content (AvgIpc) is 2.75. The van der Waals surface area contributed by atoms with Gasteiger partial charge in [0, 0.05) is 22.0 Å². The zero-order valence-electron chi connectivity index (χ0n) is 9.56. The topological polar surface area (TPSA) is 33.1 Å². The number of nitrogens with zero attached hydrogens (tertiary/aromatic N) is 1. The van der Waals surface area contributed by atoms with Crippen LogP contribution in [0, 0.1) is 0 Å². The fourth-order valence-corrected chi connectivity index (χ4v) is 3.35. The number of thiophene rings is 1. The first-order chi connectivity index (χ1) is 8.22. The largest absolute Gasteiger partial charge is 0.386 e. The van der Waals surface area contributed by atoms with Gasteiger partial charge in [-0.2, -0.15) is 0 Å². The lowest BCUT2D eigenvalue weighted by Crippen LogP contribution is -2.07. The number of aromatic nitrogens is 1. The number of halogens is 1. The first kappa shape index (κ1) is 12.7. The van der Waals surface area contributed by atoms with E-state index in [9.17, 15) is 5.11 Å². The van der Waals surface area contributed by atoms with Crippen LogP contribution < -0.4 is 0 Å². The number of rotatable bonds is 4. The molecule has 2 rings (SSSR count). The smallest absolute Gasteiger partial charge is 0.101 e. The van der Waals surface area contributed by atoms with Crippen LogP contribution in [0.5, 0.6) is 0 Å². The van der Waals surface area contributed by atoms with E-state index in [2.05, 4.69) is 27.8 Å². The summed E-state index contributed by atoms with van der Waals surface area (Å²) in [5.41, 5.74) is 1.92. The predicted molar refractivity (Wildman–Crippen MR) is 74.3 cm³/mol. The van der Waals surface area contributed by atoms with Crippen LogP contribution in [0.1, 0.15) is 29.2 Å². The molecule has 0 saturated carbocycles. The third-order valence-electron chi connectivity index (χ3n) is 2.69. The lowest BCUT2D eigenvalue weighted by Gasteiger charge is -2.13. The molecule has 0 amide bonds. The molecule has 0 aliphatic rings. The van der Waals surface area contributed by atoms with Gasteiger partial charge in [0.1, 0.15) is 6.10 Å². The summed E-state index contributed by atoms with van der Waals surface area (Å²) >= 11 is 5.13. The molecule has 2 heterocycles. The third-order valence-corrected chi connectivity index (χ3v) is 4.64. The van der Waals surface area contributed by atoms with Crippen LogP contribution in [0.15, 0.2) is 34.2 Å². The predicted octanol–water partition coefficient (Wildman–Crippen LogP) is 3.74. The number of aliphatic hydroxyl groups excluding tert-OH is 1. The molecule has 1 atom stereocenters. The monoisotopic (exact) mass is 311 g/mol. The molecule has 0 aromatic carbocycles. The van der Waals surface area contributed by atoms with Crippen LogP contribution in [0.2, 0.25) is 0 Å². The van der Waals surface area contributed by atoms with Gasteiger partial charge in [0.15, 0.2) is 0 Å². The number of pyridine rings is 1. The summed E-state index contributed by atoms with van der Waals surface area (Å²) in [6, 6.07) is 5.94. The first-order valence-electron chi connectivity index (χ1n) is 5.56. The summed E-state index contributed by atoms with van der Waals surface area (Å²) in [7, 11) is 0. The van der Waals surface area contributed by atoms with E-state index in [1.165, 1.54) is 0 Å². The van der Waals surface area contributed by atoms with Gasteiger partial charge in [-0.15, -0.1) is 11.3 Å². The Labute approximate surface area is 113 Å². The summed E-state index contributed by atoms with van der Waals surface area (Å²) in [4.78, 5) is 5.46. The molecule has 0 spiro atoms. The van der Waals surface area contributed by atoms with Gasteiger partial charge in [-0.3, -0.25) is 4.98 Å². The summed E-state index contributed by atoms with van der Waals surface area (Å²) in [6.07, 6.45) is 2.72. The minimum atomic E-state index is -0.527. The maximum absolute atomic E-state index is 10.3. The van der Waals surface area contributed by atoms with E-state index in [1.54, 1.807) is 17.5 Å². The standard InChI is InChI=1S/C13H14BrNOS/c1-2-9-4-3-6-15-13(9)11(16)8-12-10(14)5-7-17-12/h3-7,11,16H,2,8H2,1H3. The summed E-state index contributed by atoms with van der Waals surface area (Å²) < 4.78 is 1.07. The molecule has 0 radical (unpaired) electrons. The zero-order chi connectivity index (χ0) is 12.3. The van der Waals surface area contributed by atoms with Crippen molar-refractivity contribution in [3.05, 3.63) is 50.4 Å². The van der Waals surface area contributed by atoms with Gasteiger partial charge in [-0.25, -0.2) is 0 Å². The van der Waals surface area contributed by atoms with Crippen molar-refractivity contribution in [1.82, 2.24) is 4.98 Å². The van der Waals surface area contributed by atoms with Gasteiger partial charge < -0.3 is 5.11 Å². The average molecular weight is 312 g/mol. The third kappa shape index (κ3) is 2.94. The second-order valence-electron chi connectivity index (χ2n) is 3.81. The molecule has 0 fully saturated rings. The van der Waals surface area contributed by atoms with E-state index in [4.69, 9.17) is 0 Å². The molecule has 0 aliphatic carbocycles. The van der Waals surface area contributed by atoms with Crippen molar-refractivity contribution < 1.29 is 5.11 Å². The van der Waals surface area contributed by atoms with Gasteiger partial charge >= 0.3 is 0 Å². The van der Waals surface area contributed by atoms with Gasteiger partial charge in [0.05, 0.1) is 5.69 Å². The van der Waals surface area contributed by atoms with Gasteiger partial charge in [-0.1, -0.05) is 13.0 Å². The van der Waals surface area contributed by atoms with Crippen molar-refractivity contribution in [1.29, 1.82) is 0 Å². The Morgan fingerprint density at radius 2 is 2.29 bits per heavy atom. The van der Waals surface area contributed by atoms with Crippen LogP contribution in [0.4, 0.5) is 0 Å². The van der Waals surface area contributed by atoms with Crippen LogP contribution >= 0.6 is 27.3 Å². The summed E-state index contributed by atoms with van der Waals surface area (Å²) in [5.74, 6) is 0. The van der Waals surface area contributed by atoms with Gasteiger partial charge in [-0.05, 0) is 45.4 Å². The fraction of sp³-hybridized carbons (Fsp3) is 0.308. The summed E-state index contributed by atoms with van der Waals surface area (Å²) in [5, 5.41) is 12.3. The maximum atomic E-state index is 10.3. The van der Waals surface area contributed by atoms with Crippen molar-refractivity contribution in [3.8, 4) is 0 Å². The molecular formula is C13H14BrNOS. The van der Waals surface area contributed by atoms with Crippen LogP contribution in [-0.4, -0.2) is 10.1 Å². The lowest BCUT2D eigenvalue weighted by molar-refractivity contribution is 0.173.